The Morgan fingerprint density at radius 2 is 1.89 bits per heavy atom. The van der Waals surface area contributed by atoms with Crippen molar-refractivity contribution >= 4 is 16.8 Å². The Morgan fingerprint density at radius 3 is 2.11 bits per heavy atom. The van der Waals surface area contributed by atoms with E-state index in [0.29, 0.717) is 11.8 Å². The summed E-state index contributed by atoms with van der Waals surface area (Å²) in [6.45, 7) is 0. The van der Waals surface area contributed by atoms with E-state index in [1.165, 1.54) is 19.3 Å². The maximum absolute atomic E-state index is 10.7. The van der Waals surface area contributed by atoms with Crippen LogP contribution in [-0.4, -0.2) is 5.24 Å². The lowest BCUT2D eigenvalue weighted by atomic mass is 9.73. The number of carbonyl (C=O) groups excluding carboxylic acids is 1. The fraction of sp³-hybridized carbons (Fsp3) is 0.857. The van der Waals surface area contributed by atoms with Crippen LogP contribution in [0, 0.1) is 17.8 Å². The van der Waals surface area contributed by atoms with Crippen LogP contribution < -0.4 is 0 Å². The Labute approximate surface area is 59.4 Å². The average Bonchev–Trinajstić information content (AvgIpc) is 2.13. The van der Waals surface area contributed by atoms with Gasteiger partial charge < -0.3 is 0 Å². The van der Waals surface area contributed by atoms with Crippen molar-refractivity contribution in [3.05, 3.63) is 0 Å². The molecule has 0 aromatic rings. The smallest absolute Gasteiger partial charge is 0.225 e. The molecule has 3 aliphatic carbocycles. The summed E-state index contributed by atoms with van der Waals surface area (Å²) in [4.78, 5) is 10.7. The molecule has 0 heterocycles. The van der Waals surface area contributed by atoms with Gasteiger partial charge in [0.05, 0.1) is 0 Å². The zero-order valence-corrected chi connectivity index (χ0v) is 5.90. The van der Waals surface area contributed by atoms with Crippen molar-refractivity contribution in [2.45, 2.75) is 19.3 Å². The van der Waals surface area contributed by atoms with E-state index in [-0.39, 0.29) is 11.2 Å². The van der Waals surface area contributed by atoms with E-state index in [1.54, 1.807) is 0 Å². The van der Waals surface area contributed by atoms with Crippen molar-refractivity contribution in [3.63, 3.8) is 0 Å². The highest BCUT2D eigenvalue weighted by Crippen LogP contribution is 2.54. The maximum Gasteiger partial charge on any atom is 0.225 e. The number of halogens is 1. The molecule has 0 aromatic carbocycles. The number of carbonyl (C=O) groups is 1. The highest BCUT2D eigenvalue weighted by Gasteiger charge is 2.49. The summed E-state index contributed by atoms with van der Waals surface area (Å²) in [5.74, 6) is 1.59. The van der Waals surface area contributed by atoms with Crippen LogP contribution in [0.1, 0.15) is 19.3 Å². The lowest BCUT2D eigenvalue weighted by Crippen LogP contribution is -2.32. The molecule has 2 unspecified atom stereocenters. The first-order valence-corrected chi connectivity index (χ1v) is 3.86. The van der Waals surface area contributed by atoms with Gasteiger partial charge in [0.15, 0.2) is 0 Å². The quantitative estimate of drug-likeness (QED) is 0.513. The van der Waals surface area contributed by atoms with Crippen LogP contribution >= 0.6 is 11.6 Å². The summed E-state index contributed by atoms with van der Waals surface area (Å²) in [5.41, 5.74) is 0. The standard InChI is InChI=1S/C7H9ClO/c8-7(9)6-4-1-2-5(6)3-4/h4-6H,1-3H2. The van der Waals surface area contributed by atoms with Crippen LogP contribution in [0.5, 0.6) is 0 Å². The molecule has 2 heteroatoms. The van der Waals surface area contributed by atoms with Gasteiger partial charge in [-0.2, -0.15) is 0 Å². The highest BCUT2D eigenvalue weighted by molar-refractivity contribution is 6.64. The third kappa shape index (κ3) is 0.644. The molecule has 9 heavy (non-hydrogen) atoms. The van der Waals surface area contributed by atoms with Crippen LogP contribution in [0.4, 0.5) is 0 Å². The second-order valence-electron chi connectivity index (χ2n) is 3.16. The van der Waals surface area contributed by atoms with Gasteiger partial charge in [-0.1, -0.05) is 0 Å². The zero-order valence-electron chi connectivity index (χ0n) is 5.14. The van der Waals surface area contributed by atoms with E-state index < -0.39 is 0 Å². The Hall–Kier alpha value is -0.0400. The SMILES string of the molecule is O=C(Cl)C1C2CCC1C2. The van der Waals surface area contributed by atoms with E-state index >= 15 is 0 Å². The van der Waals surface area contributed by atoms with Gasteiger partial charge >= 0.3 is 0 Å². The largest absolute Gasteiger partial charge is 0.281 e. The van der Waals surface area contributed by atoms with E-state index in [0.717, 1.165) is 0 Å². The van der Waals surface area contributed by atoms with E-state index in [4.69, 9.17) is 11.6 Å². The molecule has 0 aliphatic heterocycles. The van der Waals surface area contributed by atoms with Gasteiger partial charge in [-0.25, -0.2) is 0 Å². The molecular weight excluding hydrogens is 136 g/mol. The zero-order chi connectivity index (χ0) is 6.43. The Bertz CT molecular complexity index is 141. The molecule has 3 aliphatic rings. The minimum Gasteiger partial charge on any atom is -0.281 e. The molecule has 0 aromatic heterocycles. The molecule has 3 fully saturated rings. The van der Waals surface area contributed by atoms with E-state index in [9.17, 15) is 4.79 Å². The molecule has 2 atom stereocenters. The van der Waals surface area contributed by atoms with Crippen molar-refractivity contribution in [1.82, 2.24) is 0 Å². The highest BCUT2D eigenvalue weighted by atomic mass is 35.5. The molecule has 1 nitrogen and oxygen atoms in total. The molecule has 3 rings (SSSR count). The van der Waals surface area contributed by atoms with Crippen LogP contribution in [0.3, 0.4) is 0 Å². The van der Waals surface area contributed by atoms with Gasteiger partial charge in [0, 0.05) is 5.92 Å². The van der Waals surface area contributed by atoms with Gasteiger partial charge in [-0.05, 0) is 42.7 Å². The average molecular weight is 145 g/mol. The predicted molar refractivity (Wildman–Crippen MR) is 35.2 cm³/mol. The molecule has 0 radical (unpaired) electrons. The fourth-order valence-electron chi connectivity index (χ4n) is 2.26. The first-order chi connectivity index (χ1) is 4.29. The van der Waals surface area contributed by atoms with Crippen LogP contribution in [0.25, 0.3) is 0 Å². The van der Waals surface area contributed by atoms with Crippen molar-refractivity contribution in [2.24, 2.45) is 17.8 Å². The number of rotatable bonds is 1. The minimum absolute atomic E-state index is 0.0891. The van der Waals surface area contributed by atoms with Crippen molar-refractivity contribution in [2.75, 3.05) is 0 Å². The topological polar surface area (TPSA) is 17.1 Å². The molecule has 0 amide bonds. The minimum atomic E-state index is -0.0891. The summed E-state index contributed by atoms with van der Waals surface area (Å²) >= 11 is 5.37. The molecule has 0 spiro atoms. The lowest BCUT2D eigenvalue weighted by molar-refractivity contribution is -0.120. The second-order valence-corrected chi connectivity index (χ2v) is 3.54. The Morgan fingerprint density at radius 1 is 1.33 bits per heavy atom. The monoisotopic (exact) mass is 144 g/mol. The molecule has 50 valence electrons. The van der Waals surface area contributed by atoms with Gasteiger partial charge in [0.1, 0.15) is 0 Å². The molecule has 2 bridgehead atoms. The third-order valence-electron chi connectivity index (χ3n) is 2.79. The van der Waals surface area contributed by atoms with Gasteiger partial charge in [0.25, 0.3) is 0 Å². The van der Waals surface area contributed by atoms with Crippen LogP contribution in [0.2, 0.25) is 0 Å². The van der Waals surface area contributed by atoms with E-state index in [2.05, 4.69) is 0 Å². The van der Waals surface area contributed by atoms with E-state index in [1.807, 2.05) is 0 Å². The predicted octanol–water partition coefficient (Wildman–Crippen LogP) is 1.80. The number of hydrogen-bond acceptors (Lipinski definition) is 1. The molecule has 0 N–H and O–H groups in total. The van der Waals surface area contributed by atoms with Crippen LogP contribution in [-0.2, 0) is 4.79 Å². The van der Waals surface area contributed by atoms with Gasteiger partial charge in [-0.15, -0.1) is 0 Å². The van der Waals surface area contributed by atoms with Gasteiger partial charge in [0.2, 0.25) is 5.24 Å². The molecule has 3 saturated carbocycles. The maximum atomic E-state index is 10.7. The summed E-state index contributed by atoms with van der Waals surface area (Å²) in [6.07, 6.45) is 3.75. The van der Waals surface area contributed by atoms with Crippen molar-refractivity contribution < 1.29 is 4.79 Å². The van der Waals surface area contributed by atoms with Gasteiger partial charge in [-0.3, -0.25) is 4.79 Å². The van der Waals surface area contributed by atoms with Crippen molar-refractivity contribution in [3.8, 4) is 0 Å². The summed E-state index contributed by atoms with van der Waals surface area (Å²) in [7, 11) is 0. The summed E-state index contributed by atoms with van der Waals surface area (Å²) in [6, 6.07) is 0. The van der Waals surface area contributed by atoms with Crippen LogP contribution in [0.15, 0.2) is 0 Å². The van der Waals surface area contributed by atoms with Crippen molar-refractivity contribution in [1.29, 1.82) is 0 Å². The lowest BCUT2D eigenvalue weighted by Gasteiger charge is -2.32. The Kier molecular flexibility index (Phi) is 1.10. The summed E-state index contributed by atoms with van der Waals surface area (Å²) in [5, 5.41) is -0.0891. The Balaban J connectivity index is 2.10. The fourth-order valence-corrected chi connectivity index (χ4v) is 2.62. The molecule has 0 saturated heterocycles. The number of fused-ring (bicyclic) bond motifs is 1. The summed E-state index contributed by atoms with van der Waals surface area (Å²) < 4.78 is 0. The first kappa shape index (κ1) is 5.72. The third-order valence-corrected chi connectivity index (χ3v) is 3.04. The normalized spacial score (nSPS) is 46.6. The number of hydrogen-bond donors (Lipinski definition) is 0. The first-order valence-electron chi connectivity index (χ1n) is 3.48. The molecular formula is C7H9ClO. The second kappa shape index (κ2) is 1.72.